The monoisotopic (exact) mass is 261 g/mol. The van der Waals surface area contributed by atoms with Gasteiger partial charge in [-0.25, -0.2) is 4.79 Å². The number of rotatable bonds is 3. The topological polar surface area (TPSA) is 55.4 Å². The van der Waals surface area contributed by atoms with E-state index in [1.165, 1.54) is 0 Å². The highest BCUT2D eigenvalue weighted by atomic mass is 16.6. The third-order valence-electron chi connectivity index (χ3n) is 3.23. The molecule has 0 spiro atoms. The van der Waals surface area contributed by atoms with E-state index >= 15 is 0 Å². The van der Waals surface area contributed by atoms with Gasteiger partial charge in [0.25, 0.3) is 5.91 Å². The molecule has 1 aromatic carbocycles. The molecule has 1 amide bonds. The Morgan fingerprint density at radius 3 is 2.79 bits per heavy atom. The van der Waals surface area contributed by atoms with Crippen LogP contribution in [0.3, 0.4) is 0 Å². The summed E-state index contributed by atoms with van der Waals surface area (Å²) in [6.07, 6.45) is 0.416. The van der Waals surface area contributed by atoms with Gasteiger partial charge in [0.1, 0.15) is 0 Å². The van der Waals surface area contributed by atoms with Crippen molar-refractivity contribution in [1.29, 1.82) is 0 Å². The number of ether oxygens (including phenoxy) is 1. The first kappa shape index (κ1) is 13.6. The van der Waals surface area contributed by atoms with Crippen LogP contribution in [0.15, 0.2) is 24.3 Å². The van der Waals surface area contributed by atoms with Crippen molar-refractivity contribution in [3.05, 3.63) is 35.4 Å². The van der Waals surface area contributed by atoms with Gasteiger partial charge < -0.3 is 10.1 Å². The van der Waals surface area contributed by atoms with Gasteiger partial charge in [-0.15, -0.1) is 0 Å². The van der Waals surface area contributed by atoms with Gasteiger partial charge >= 0.3 is 5.97 Å². The molecule has 102 valence electrons. The summed E-state index contributed by atoms with van der Waals surface area (Å²) in [6, 6.07) is 7.25. The van der Waals surface area contributed by atoms with Crippen LogP contribution in [0.25, 0.3) is 0 Å². The zero-order valence-corrected chi connectivity index (χ0v) is 11.5. The fourth-order valence-electron chi connectivity index (χ4n) is 2.14. The second-order valence-electron chi connectivity index (χ2n) is 5.56. The van der Waals surface area contributed by atoms with Gasteiger partial charge in [0, 0.05) is 13.0 Å². The van der Waals surface area contributed by atoms with Gasteiger partial charge in [-0.2, -0.15) is 0 Å². The fourth-order valence-corrected chi connectivity index (χ4v) is 2.14. The lowest BCUT2D eigenvalue weighted by Crippen LogP contribution is -2.52. The maximum Gasteiger partial charge on any atom is 0.339 e. The van der Waals surface area contributed by atoms with Gasteiger partial charge in [0.15, 0.2) is 5.60 Å². The van der Waals surface area contributed by atoms with Gasteiger partial charge in [-0.1, -0.05) is 32.0 Å². The summed E-state index contributed by atoms with van der Waals surface area (Å²) in [4.78, 5) is 24.1. The Hall–Kier alpha value is -1.84. The summed E-state index contributed by atoms with van der Waals surface area (Å²) in [5, 5.41) is 2.83. The van der Waals surface area contributed by atoms with Crippen LogP contribution < -0.4 is 5.32 Å². The van der Waals surface area contributed by atoms with Crippen LogP contribution in [0.5, 0.6) is 0 Å². The lowest BCUT2D eigenvalue weighted by molar-refractivity contribution is -0.139. The maximum absolute atomic E-state index is 12.2. The van der Waals surface area contributed by atoms with Crippen molar-refractivity contribution in [2.45, 2.75) is 32.8 Å². The number of carbonyl (C=O) groups is 2. The van der Waals surface area contributed by atoms with Crippen LogP contribution in [0.1, 0.15) is 36.7 Å². The molecule has 4 nitrogen and oxygen atoms in total. The van der Waals surface area contributed by atoms with E-state index in [2.05, 4.69) is 5.32 Å². The third kappa shape index (κ3) is 2.78. The van der Waals surface area contributed by atoms with E-state index in [1.807, 2.05) is 26.0 Å². The predicted octanol–water partition coefficient (Wildman–Crippen LogP) is 1.93. The average molecular weight is 261 g/mol. The van der Waals surface area contributed by atoms with Crippen molar-refractivity contribution >= 4 is 11.9 Å². The van der Waals surface area contributed by atoms with Gasteiger partial charge in [0.05, 0.1) is 5.56 Å². The summed E-state index contributed by atoms with van der Waals surface area (Å²) in [5.41, 5.74) is 0.304. The minimum Gasteiger partial charge on any atom is -0.445 e. The molecule has 0 fully saturated rings. The zero-order valence-electron chi connectivity index (χ0n) is 11.5. The average Bonchev–Trinajstić information content (AvgIpc) is 2.35. The number of benzene rings is 1. The van der Waals surface area contributed by atoms with E-state index in [0.717, 1.165) is 5.56 Å². The van der Waals surface area contributed by atoms with Crippen LogP contribution in [-0.2, 0) is 16.0 Å². The second kappa shape index (κ2) is 5.03. The second-order valence-corrected chi connectivity index (χ2v) is 5.56. The van der Waals surface area contributed by atoms with Crippen LogP contribution in [-0.4, -0.2) is 24.0 Å². The molecule has 4 heteroatoms. The molecule has 1 heterocycles. The summed E-state index contributed by atoms with van der Waals surface area (Å²) in [7, 11) is 0. The first-order chi connectivity index (χ1) is 8.92. The Bertz CT molecular complexity index is 510. The van der Waals surface area contributed by atoms with Gasteiger partial charge in [-0.3, -0.25) is 4.79 Å². The fraction of sp³-hybridized carbons (Fsp3) is 0.467. The highest BCUT2D eigenvalue weighted by Crippen LogP contribution is 2.28. The maximum atomic E-state index is 12.2. The molecule has 19 heavy (non-hydrogen) atoms. The standard InChI is InChI=1S/C15H19NO3/c1-10(2)9-16-14(18)15(3)8-11-6-4-5-7-12(11)13(17)19-15/h4-7,10H,8-9H2,1-3H3,(H,16,18). The molecular weight excluding hydrogens is 242 g/mol. The lowest BCUT2D eigenvalue weighted by Gasteiger charge is -2.33. The number of nitrogens with one attached hydrogen (secondary N) is 1. The molecule has 1 aliphatic heterocycles. The number of amides is 1. The molecule has 0 bridgehead atoms. The van der Waals surface area contributed by atoms with Crippen molar-refractivity contribution in [3.8, 4) is 0 Å². The van der Waals surface area contributed by atoms with Crippen LogP contribution in [0.4, 0.5) is 0 Å². The van der Waals surface area contributed by atoms with Gasteiger partial charge in [-0.05, 0) is 24.5 Å². The van der Waals surface area contributed by atoms with E-state index in [-0.39, 0.29) is 5.91 Å². The zero-order chi connectivity index (χ0) is 14.0. The Morgan fingerprint density at radius 2 is 2.11 bits per heavy atom. The molecule has 0 saturated heterocycles. The van der Waals surface area contributed by atoms with Crippen LogP contribution in [0.2, 0.25) is 0 Å². The van der Waals surface area contributed by atoms with E-state index in [1.54, 1.807) is 19.1 Å². The van der Waals surface area contributed by atoms with Crippen molar-refractivity contribution in [2.24, 2.45) is 5.92 Å². The molecule has 1 N–H and O–H groups in total. The SMILES string of the molecule is CC(C)CNC(=O)C1(C)Cc2ccccc2C(=O)O1. The molecule has 0 radical (unpaired) electrons. The Kier molecular flexibility index (Phi) is 3.60. The molecule has 0 aromatic heterocycles. The Labute approximate surface area is 113 Å². The molecule has 2 rings (SSSR count). The molecular formula is C15H19NO3. The number of fused-ring (bicyclic) bond motifs is 1. The highest BCUT2D eigenvalue weighted by Gasteiger charge is 2.42. The molecule has 0 saturated carbocycles. The quantitative estimate of drug-likeness (QED) is 0.846. The normalized spacial score (nSPS) is 21.8. The van der Waals surface area contributed by atoms with Crippen LogP contribution in [0, 0.1) is 5.92 Å². The first-order valence-electron chi connectivity index (χ1n) is 6.52. The Morgan fingerprint density at radius 1 is 1.42 bits per heavy atom. The number of hydrogen-bond acceptors (Lipinski definition) is 3. The van der Waals surface area contributed by atoms with Crippen molar-refractivity contribution < 1.29 is 14.3 Å². The molecule has 1 atom stereocenters. The van der Waals surface area contributed by atoms with E-state index < -0.39 is 11.6 Å². The summed E-state index contributed by atoms with van der Waals surface area (Å²) in [6.45, 7) is 6.28. The number of carbonyl (C=O) groups excluding carboxylic acids is 2. The predicted molar refractivity (Wildman–Crippen MR) is 71.8 cm³/mol. The Balaban J connectivity index is 2.19. The summed E-state index contributed by atoms with van der Waals surface area (Å²) in [5.74, 6) is -0.299. The van der Waals surface area contributed by atoms with Crippen molar-refractivity contribution in [2.75, 3.05) is 6.54 Å². The molecule has 1 aliphatic rings. The molecule has 1 aromatic rings. The van der Waals surface area contributed by atoms with E-state index in [0.29, 0.717) is 24.4 Å². The van der Waals surface area contributed by atoms with Crippen molar-refractivity contribution in [3.63, 3.8) is 0 Å². The summed E-state index contributed by atoms with van der Waals surface area (Å²) >= 11 is 0. The summed E-state index contributed by atoms with van der Waals surface area (Å²) < 4.78 is 5.34. The first-order valence-corrected chi connectivity index (χ1v) is 6.52. The van der Waals surface area contributed by atoms with Crippen LogP contribution >= 0.6 is 0 Å². The minimum atomic E-state index is -1.11. The van der Waals surface area contributed by atoms with Gasteiger partial charge in [0.2, 0.25) is 0 Å². The minimum absolute atomic E-state index is 0.232. The lowest BCUT2D eigenvalue weighted by atomic mass is 9.89. The smallest absolute Gasteiger partial charge is 0.339 e. The van der Waals surface area contributed by atoms with E-state index in [9.17, 15) is 9.59 Å². The number of esters is 1. The largest absolute Gasteiger partial charge is 0.445 e. The highest BCUT2D eigenvalue weighted by molar-refractivity contribution is 5.97. The van der Waals surface area contributed by atoms with E-state index in [4.69, 9.17) is 4.74 Å². The molecule has 0 aliphatic carbocycles. The number of cyclic esters (lactones) is 1. The van der Waals surface area contributed by atoms with Crippen molar-refractivity contribution in [1.82, 2.24) is 5.32 Å². The third-order valence-corrected chi connectivity index (χ3v) is 3.23. The number of hydrogen-bond donors (Lipinski definition) is 1. The molecule has 1 unspecified atom stereocenters.